The molecule has 0 saturated carbocycles. The fraction of sp³-hybridized carbons (Fsp3) is 0.457. The number of phenolic OH excluding ortho intramolecular Hbond substituents is 1. The molecule has 4 aromatic rings. The number of nitrogens with one attached hydrogen (secondary N) is 1. The van der Waals surface area contributed by atoms with Gasteiger partial charge in [0.15, 0.2) is 6.29 Å². The normalized spacial score (nSPS) is 18.5. The van der Waals surface area contributed by atoms with E-state index < -0.39 is 6.29 Å². The van der Waals surface area contributed by atoms with Gasteiger partial charge in [0, 0.05) is 34.2 Å². The zero-order chi connectivity index (χ0) is 37.1. The Morgan fingerprint density at radius 3 is 1.94 bits per heavy atom. The Hall–Kier alpha value is -3.62. The summed E-state index contributed by atoms with van der Waals surface area (Å²) < 4.78 is 13.7. The van der Waals surface area contributed by atoms with Crippen molar-refractivity contribution in [3.63, 3.8) is 0 Å². The molecule has 1 amide bonds. The molecule has 1 fully saturated rings. The molecule has 4 aromatic carbocycles. The molecular weight excluding hydrogens is 679 g/mol. The van der Waals surface area contributed by atoms with Crippen molar-refractivity contribution in [3.05, 3.63) is 125 Å². The number of anilines is 1. The molecule has 1 aliphatic rings. The van der Waals surface area contributed by atoms with Gasteiger partial charge in [0.1, 0.15) is 5.75 Å². The zero-order valence-corrected chi connectivity index (χ0v) is 32.3. The molecule has 0 aliphatic carbocycles. The van der Waals surface area contributed by atoms with E-state index in [1.54, 1.807) is 23.9 Å². The van der Waals surface area contributed by atoms with Crippen LogP contribution in [0.4, 0.5) is 5.69 Å². The van der Waals surface area contributed by atoms with Gasteiger partial charge in [-0.25, -0.2) is 0 Å². The predicted molar refractivity (Wildman–Crippen MR) is 217 cm³/mol. The van der Waals surface area contributed by atoms with Gasteiger partial charge < -0.3 is 25.0 Å². The largest absolute Gasteiger partial charge is 0.508 e. The van der Waals surface area contributed by atoms with Crippen molar-refractivity contribution in [2.45, 2.75) is 133 Å². The van der Waals surface area contributed by atoms with Crippen LogP contribution >= 0.6 is 11.8 Å². The third-order valence-corrected chi connectivity index (χ3v) is 11.3. The van der Waals surface area contributed by atoms with Gasteiger partial charge in [-0.05, 0) is 59.5 Å². The standard InChI is InChI=1S/C46H59NO5S/c1-2-3-4-5-6-7-8-9-10-11-12-13-17-23-43(50)47-39-22-18-21-38(32-39)46-51-42(34-53-41-30-28-40(49)29-31-41)44(36-19-15-14-16-20-36)45(52-46)37-26-24-35(33-48)25-27-37/h14-16,18-22,24-32,42,44-46,48-49H,2-13,17,23,33-34H2,1H3,(H,47,50)/t42-,44-,45+,46?/m1/s1. The molecule has 6 nitrogen and oxygen atoms in total. The highest BCUT2D eigenvalue weighted by Crippen LogP contribution is 2.48. The van der Waals surface area contributed by atoms with E-state index in [0.29, 0.717) is 12.2 Å². The first-order valence-corrected chi connectivity index (χ1v) is 20.9. The number of thioether (sulfide) groups is 1. The van der Waals surface area contributed by atoms with Crippen molar-refractivity contribution < 1.29 is 24.5 Å². The highest BCUT2D eigenvalue weighted by molar-refractivity contribution is 7.99. The number of rotatable bonds is 22. The molecule has 1 heterocycles. The maximum Gasteiger partial charge on any atom is 0.224 e. The van der Waals surface area contributed by atoms with Crippen molar-refractivity contribution >= 4 is 23.4 Å². The Morgan fingerprint density at radius 1 is 0.679 bits per heavy atom. The number of aromatic hydroxyl groups is 1. The molecule has 284 valence electrons. The van der Waals surface area contributed by atoms with E-state index in [0.717, 1.165) is 45.7 Å². The Balaban J connectivity index is 1.20. The highest BCUT2D eigenvalue weighted by Gasteiger charge is 2.42. The van der Waals surface area contributed by atoms with Gasteiger partial charge in [-0.2, -0.15) is 0 Å². The van der Waals surface area contributed by atoms with Gasteiger partial charge in [-0.3, -0.25) is 4.79 Å². The summed E-state index contributed by atoms with van der Waals surface area (Å²) in [5.74, 6) is 0.817. The quantitative estimate of drug-likeness (QED) is 0.0550. The number of amides is 1. The maximum absolute atomic E-state index is 13.0. The third-order valence-electron chi connectivity index (χ3n) is 10.2. The van der Waals surface area contributed by atoms with Crippen LogP contribution in [0.5, 0.6) is 5.75 Å². The molecule has 1 saturated heterocycles. The van der Waals surface area contributed by atoms with Crippen LogP contribution in [-0.4, -0.2) is 28.0 Å². The van der Waals surface area contributed by atoms with E-state index in [-0.39, 0.29) is 36.4 Å². The number of unbranched alkanes of at least 4 members (excludes halogenated alkanes) is 12. The van der Waals surface area contributed by atoms with Crippen LogP contribution in [0, 0.1) is 0 Å². The number of hydrogen-bond acceptors (Lipinski definition) is 6. The van der Waals surface area contributed by atoms with E-state index in [4.69, 9.17) is 9.47 Å². The number of phenols is 1. The van der Waals surface area contributed by atoms with Crippen LogP contribution < -0.4 is 5.32 Å². The highest BCUT2D eigenvalue weighted by atomic mass is 32.2. The number of carbonyl (C=O) groups is 1. The summed E-state index contributed by atoms with van der Waals surface area (Å²) in [6, 6.07) is 33.4. The molecule has 1 unspecified atom stereocenters. The van der Waals surface area contributed by atoms with Crippen molar-refractivity contribution in [2.24, 2.45) is 0 Å². The summed E-state index contributed by atoms with van der Waals surface area (Å²) in [5, 5.41) is 22.7. The van der Waals surface area contributed by atoms with Crippen LogP contribution in [0.1, 0.15) is 137 Å². The summed E-state index contributed by atoms with van der Waals surface area (Å²) in [5.41, 5.74) is 4.54. The minimum atomic E-state index is -0.666. The van der Waals surface area contributed by atoms with Crippen molar-refractivity contribution in [2.75, 3.05) is 11.1 Å². The molecule has 7 heteroatoms. The Kier molecular flexibility index (Phi) is 17.3. The summed E-state index contributed by atoms with van der Waals surface area (Å²) >= 11 is 1.68. The SMILES string of the molecule is CCCCCCCCCCCCCCCC(=O)Nc1cccc(C2O[C@H](CSc3ccc(O)cc3)[C@@H](c3ccccc3)[C@H](c3ccc(CO)cc3)O2)c1. The first kappa shape index (κ1) is 40.6. The predicted octanol–water partition coefficient (Wildman–Crippen LogP) is 12.0. The average molecular weight is 738 g/mol. The van der Waals surface area contributed by atoms with Crippen LogP contribution in [0.25, 0.3) is 0 Å². The van der Waals surface area contributed by atoms with E-state index in [9.17, 15) is 15.0 Å². The molecule has 5 rings (SSSR count). The summed E-state index contributed by atoms with van der Waals surface area (Å²) in [6.07, 6.45) is 15.9. The van der Waals surface area contributed by atoms with E-state index in [1.165, 1.54) is 70.6 Å². The lowest BCUT2D eigenvalue weighted by Gasteiger charge is -2.43. The Morgan fingerprint density at radius 2 is 1.30 bits per heavy atom. The van der Waals surface area contributed by atoms with E-state index in [1.807, 2.05) is 78.9 Å². The molecule has 0 spiro atoms. The second kappa shape index (κ2) is 22.6. The zero-order valence-electron chi connectivity index (χ0n) is 31.5. The number of carbonyl (C=O) groups excluding carboxylic acids is 1. The first-order valence-electron chi connectivity index (χ1n) is 19.9. The molecule has 0 aromatic heterocycles. The number of aliphatic hydroxyl groups excluding tert-OH is 1. The fourth-order valence-corrected chi connectivity index (χ4v) is 8.13. The van der Waals surface area contributed by atoms with Crippen LogP contribution in [0.3, 0.4) is 0 Å². The van der Waals surface area contributed by atoms with Crippen LogP contribution in [0.2, 0.25) is 0 Å². The number of aliphatic hydroxyl groups is 1. The lowest BCUT2D eigenvalue weighted by Crippen LogP contribution is -2.38. The molecule has 3 N–H and O–H groups in total. The van der Waals surface area contributed by atoms with Crippen LogP contribution in [0.15, 0.2) is 108 Å². The first-order chi connectivity index (χ1) is 26.0. The lowest BCUT2D eigenvalue weighted by atomic mass is 9.84. The summed E-state index contributed by atoms with van der Waals surface area (Å²) in [4.78, 5) is 14.0. The topological polar surface area (TPSA) is 88.0 Å². The van der Waals surface area contributed by atoms with Crippen molar-refractivity contribution in [3.8, 4) is 5.75 Å². The number of benzene rings is 4. The molecule has 0 radical (unpaired) electrons. The number of hydrogen-bond donors (Lipinski definition) is 3. The van der Waals surface area contributed by atoms with E-state index in [2.05, 4.69) is 24.4 Å². The minimum Gasteiger partial charge on any atom is -0.508 e. The molecule has 53 heavy (non-hydrogen) atoms. The second-order valence-electron chi connectivity index (χ2n) is 14.4. The van der Waals surface area contributed by atoms with Crippen molar-refractivity contribution in [1.82, 2.24) is 0 Å². The summed E-state index contributed by atoms with van der Waals surface area (Å²) in [6.45, 7) is 2.24. The average Bonchev–Trinajstić information content (AvgIpc) is 3.19. The maximum atomic E-state index is 13.0. The molecular formula is C46H59NO5S. The molecule has 0 bridgehead atoms. The molecule has 4 atom stereocenters. The fourth-order valence-electron chi connectivity index (χ4n) is 7.16. The summed E-state index contributed by atoms with van der Waals surface area (Å²) in [7, 11) is 0. The molecule has 1 aliphatic heterocycles. The smallest absolute Gasteiger partial charge is 0.224 e. The van der Waals surface area contributed by atoms with Gasteiger partial charge >= 0.3 is 0 Å². The van der Waals surface area contributed by atoms with Gasteiger partial charge in [0.2, 0.25) is 5.91 Å². The Bertz CT molecular complexity index is 1610. The Labute approximate surface area is 321 Å². The van der Waals surface area contributed by atoms with Gasteiger partial charge in [-0.1, -0.05) is 151 Å². The van der Waals surface area contributed by atoms with Gasteiger partial charge in [0.25, 0.3) is 0 Å². The second-order valence-corrected chi connectivity index (χ2v) is 15.5. The monoisotopic (exact) mass is 737 g/mol. The van der Waals surface area contributed by atoms with Gasteiger partial charge in [0.05, 0.1) is 18.8 Å². The minimum absolute atomic E-state index is 0.0244. The van der Waals surface area contributed by atoms with Crippen LogP contribution in [-0.2, 0) is 20.9 Å². The third kappa shape index (κ3) is 13.3. The van der Waals surface area contributed by atoms with E-state index >= 15 is 0 Å². The van der Waals surface area contributed by atoms with Crippen molar-refractivity contribution in [1.29, 1.82) is 0 Å². The van der Waals surface area contributed by atoms with Gasteiger partial charge in [-0.15, -0.1) is 11.8 Å². The number of ether oxygens (including phenoxy) is 2. The lowest BCUT2D eigenvalue weighted by molar-refractivity contribution is -0.255.